The molecule has 2 atom stereocenters. The number of hydrogen-bond donors (Lipinski definition) is 1. The minimum atomic E-state index is -3.24. The molecule has 2 fully saturated rings. The van der Waals surface area contributed by atoms with E-state index in [1.807, 2.05) is 0 Å². The van der Waals surface area contributed by atoms with Crippen LogP contribution < -0.4 is 4.72 Å². The molecule has 0 bridgehead atoms. The lowest BCUT2D eigenvalue weighted by molar-refractivity contribution is 0.393. The molecular weight excluding hydrogens is 358 g/mol. The Bertz CT molecular complexity index is 747. The Hall–Kier alpha value is -0.880. The lowest BCUT2D eigenvalue weighted by atomic mass is 9.79. The van der Waals surface area contributed by atoms with Crippen molar-refractivity contribution in [3.05, 3.63) is 11.3 Å². The zero-order valence-electron chi connectivity index (χ0n) is 18.1. The zero-order valence-corrected chi connectivity index (χ0v) is 18.9. The summed E-state index contributed by atoms with van der Waals surface area (Å²) in [6, 6.07) is 0.0662. The van der Waals surface area contributed by atoms with Gasteiger partial charge in [0.15, 0.2) is 0 Å². The third-order valence-electron chi connectivity index (χ3n) is 6.02. The lowest BCUT2D eigenvalue weighted by Gasteiger charge is -2.41. The molecule has 2 aliphatic heterocycles. The van der Waals surface area contributed by atoms with Gasteiger partial charge < -0.3 is 4.90 Å². The van der Waals surface area contributed by atoms with E-state index in [0.717, 1.165) is 37.9 Å². The van der Waals surface area contributed by atoms with Gasteiger partial charge in [0.2, 0.25) is 10.0 Å². The molecule has 0 aromatic heterocycles. The van der Waals surface area contributed by atoms with Crippen LogP contribution in [0.2, 0.25) is 0 Å². The van der Waals surface area contributed by atoms with Gasteiger partial charge in [-0.05, 0) is 30.8 Å². The van der Waals surface area contributed by atoms with Crippen LogP contribution in [0.3, 0.4) is 0 Å². The predicted octanol–water partition coefficient (Wildman–Crippen LogP) is 4.07. The van der Waals surface area contributed by atoms with Crippen molar-refractivity contribution >= 4 is 15.9 Å². The molecule has 1 saturated carbocycles. The average molecular weight is 396 g/mol. The summed E-state index contributed by atoms with van der Waals surface area (Å²) < 4.78 is 28.7. The molecule has 2 heterocycles. The summed E-state index contributed by atoms with van der Waals surface area (Å²) in [6.07, 6.45) is 4.42. The fraction of sp³-hybridized carbons (Fsp3) is 0.857. The average Bonchev–Trinajstić information content (AvgIpc) is 3.12. The minimum Gasteiger partial charge on any atom is -0.332 e. The van der Waals surface area contributed by atoms with Crippen molar-refractivity contribution in [3.8, 4) is 0 Å². The molecule has 0 unspecified atom stereocenters. The van der Waals surface area contributed by atoms with Gasteiger partial charge >= 0.3 is 0 Å². The van der Waals surface area contributed by atoms with E-state index in [2.05, 4.69) is 58.1 Å². The van der Waals surface area contributed by atoms with Crippen LogP contribution in [0.5, 0.6) is 0 Å². The van der Waals surface area contributed by atoms with Crippen LogP contribution in [0.1, 0.15) is 80.6 Å². The highest BCUT2D eigenvalue weighted by Gasteiger charge is 2.44. The molecule has 1 N–H and O–H groups in total. The second kappa shape index (κ2) is 6.87. The largest absolute Gasteiger partial charge is 0.332 e. The quantitative estimate of drug-likeness (QED) is 0.783. The second-order valence-corrected chi connectivity index (χ2v) is 12.6. The summed E-state index contributed by atoms with van der Waals surface area (Å²) in [6.45, 7) is 16.1. The van der Waals surface area contributed by atoms with Crippen LogP contribution in [0.15, 0.2) is 16.3 Å². The number of hydrogen-bond acceptors (Lipinski definition) is 4. The first-order chi connectivity index (χ1) is 12.3. The van der Waals surface area contributed by atoms with E-state index in [1.165, 1.54) is 11.3 Å². The highest BCUT2D eigenvalue weighted by molar-refractivity contribution is 7.90. The summed E-state index contributed by atoms with van der Waals surface area (Å²) in [5.74, 6) is 1.08. The van der Waals surface area contributed by atoms with Crippen LogP contribution >= 0.6 is 0 Å². The van der Waals surface area contributed by atoms with Crippen molar-refractivity contribution < 1.29 is 8.42 Å². The van der Waals surface area contributed by atoms with Crippen LogP contribution in [0, 0.1) is 10.8 Å². The number of rotatable bonds is 3. The molecule has 1 saturated heterocycles. The molecule has 5 nitrogen and oxygen atoms in total. The molecule has 0 amide bonds. The van der Waals surface area contributed by atoms with Crippen molar-refractivity contribution in [2.45, 2.75) is 97.9 Å². The van der Waals surface area contributed by atoms with E-state index in [9.17, 15) is 8.42 Å². The van der Waals surface area contributed by atoms with Gasteiger partial charge in [0.05, 0.1) is 11.3 Å². The van der Waals surface area contributed by atoms with Gasteiger partial charge in [-0.3, -0.25) is 4.99 Å². The van der Waals surface area contributed by atoms with Crippen molar-refractivity contribution in [1.82, 2.24) is 9.62 Å². The predicted molar refractivity (Wildman–Crippen MR) is 112 cm³/mol. The SMILES string of the molecule is C[C@@H]1N=C(C(C)(C)C)N2C[C@@H](NS(=O)(=O)C3CCCC3)CC2=C1C(C)(C)C. The van der Waals surface area contributed by atoms with Crippen molar-refractivity contribution in [2.24, 2.45) is 15.8 Å². The molecule has 0 radical (unpaired) electrons. The molecular formula is C21H37N3O2S. The Labute approximate surface area is 165 Å². The van der Waals surface area contributed by atoms with E-state index in [-0.39, 0.29) is 28.2 Å². The van der Waals surface area contributed by atoms with Crippen LogP contribution in [0.25, 0.3) is 0 Å². The number of amidine groups is 1. The fourth-order valence-electron chi connectivity index (χ4n) is 5.03. The van der Waals surface area contributed by atoms with Gasteiger partial charge in [0, 0.05) is 30.1 Å². The fourth-order valence-corrected chi connectivity index (χ4v) is 6.80. The summed E-state index contributed by atoms with van der Waals surface area (Å²) >= 11 is 0. The normalized spacial score (nSPS) is 28.0. The highest BCUT2D eigenvalue weighted by Crippen LogP contribution is 2.43. The minimum absolute atomic E-state index is 0.0130. The van der Waals surface area contributed by atoms with Gasteiger partial charge in [-0.15, -0.1) is 0 Å². The Kier molecular flexibility index (Phi) is 5.30. The maximum Gasteiger partial charge on any atom is 0.214 e. The number of sulfonamides is 1. The van der Waals surface area contributed by atoms with Gasteiger partial charge in [-0.1, -0.05) is 54.4 Å². The molecule has 3 rings (SSSR count). The van der Waals surface area contributed by atoms with E-state index in [1.54, 1.807) is 0 Å². The third-order valence-corrected chi connectivity index (χ3v) is 8.03. The zero-order chi connectivity index (χ0) is 20.2. The molecule has 0 aromatic carbocycles. The first kappa shape index (κ1) is 20.8. The Morgan fingerprint density at radius 2 is 1.63 bits per heavy atom. The molecule has 1 aliphatic carbocycles. The maximum atomic E-state index is 12.8. The summed E-state index contributed by atoms with van der Waals surface area (Å²) in [5, 5.41) is -0.208. The second-order valence-electron chi connectivity index (χ2n) is 10.6. The van der Waals surface area contributed by atoms with Crippen molar-refractivity contribution in [2.75, 3.05) is 6.54 Å². The molecule has 3 aliphatic rings. The Morgan fingerprint density at radius 1 is 1.04 bits per heavy atom. The summed E-state index contributed by atoms with van der Waals surface area (Å²) in [4.78, 5) is 7.37. The monoisotopic (exact) mass is 395 g/mol. The number of aliphatic imine (C=N–C) groups is 1. The van der Waals surface area contributed by atoms with E-state index in [0.29, 0.717) is 6.54 Å². The smallest absolute Gasteiger partial charge is 0.214 e. The highest BCUT2D eigenvalue weighted by atomic mass is 32.2. The number of nitrogens with one attached hydrogen (secondary N) is 1. The number of fused-ring (bicyclic) bond motifs is 1. The summed E-state index contributed by atoms with van der Waals surface area (Å²) in [5.41, 5.74) is 2.58. The first-order valence-electron chi connectivity index (χ1n) is 10.4. The van der Waals surface area contributed by atoms with Crippen LogP contribution in [-0.2, 0) is 10.0 Å². The van der Waals surface area contributed by atoms with Gasteiger partial charge in [0.1, 0.15) is 5.84 Å². The third kappa shape index (κ3) is 4.12. The van der Waals surface area contributed by atoms with Gasteiger partial charge in [0.25, 0.3) is 0 Å². The van der Waals surface area contributed by atoms with Crippen LogP contribution in [-0.4, -0.2) is 43.0 Å². The van der Waals surface area contributed by atoms with E-state index in [4.69, 9.17) is 4.99 Å². The topological polar surface area (TPSA) is 61.8 Å². The molecule has 154 valence electrons. The van der Waals surface area contributed by atoms with Gasteiger partial charge in [-0.2, -0.15) is 0 Å². The maximum absolute atomic E-state index is 12.8. The van der Waals surface area contributed by atoms with Gasteiger partial charge in [-0.25, -0.2) is 13.1 Å². The number of nitrogens with zero attached hydrogens (tertiary/aromatic N) is 2. The standard InChI is InChI=1S/C21H37N3O2S/c1-14-18(20(2,3)4)17-12-15(13-24(17)19(22-14)21(5,6)7)23-27(25,26)16-10-8-9-11-16/h14-16,23H,8-13H2,1-7H3/t14-,15-/m0/s1. The van der Waals surface area contributed by atoms with Crippen molar-refractivity contribution in [1.29, 1.82) is 0 Å². The Morgan fingerprint density at radius 3 is 2.15 bits per heavy atom. The van der Waals surface area contributed by atoms with Crippen LogP contribution in [0.4, 0.5) is 0 Å². The van der Waals surface area contributed by atoms with E-state index >= 15 is 0 Å². The molecule has 0 spiro atoms. The molecule has 27 heavy (non-hydrogen) atoms. The molecule has 6 heteroatoms. The first-order valence-corrected chi connectivity index (χ1v) is 12.0. The lowest BCUT2D eigenvalue weighted by Crippen LogP contribution is -2.45. The molecule has 0 aromatic rings. The van der Waals surface area contributed by atoms with Crippen molar-refractivity contribution in [3.63, 3.8) is 0 Å². The summed E-state index contributed by atoms with van der Waals surface area (Å²) in [7, 11) is -3.24. The Balaban J connectivity index is 1.92. The van der Waals surface area contributed by atoms with E-state index < -0.39 is 10.0 Å².